The second-order valence-corrected chi connectivity index (χ2v) is 4.76. The van der Waals surface area contributed by atoms with Crippen LogP contribution >= 0.6 is 11.3 Å². The first-order valence-electron chi connectivity index (χ1n) is 5.49. The maximum Gasteiger partial charge on any atom is 0.326 e. The molecule has 0 aliphatic rings. The number of carbonyl (C=O) groups is 2. The Morgan fingerprint density at radius 1 is 1.61 bits per heavy atom. The number of hydrogen-bond donors (Lipinski definition) is 2. The molecule has 0 aliphatic carbocycles. The molecule has 2 heterocycles. The minimum atomic E-state index is -1.04. The quantitative estimate of drug-likeness (QED) is 0.874. The average Bonchev–Trinajstić information content (AvgIpc) is 2.88. The van der Waals surface area contributed by atoms with Crippen LogP contribution in [0.5, 0.6) is 0 Å². The number of carboxylic acid groups (broad SMARTS) is 1. The average molecular weight is 267 g/mol. The molecule has 1 amide bonds. The predicted octanol–water partition coefficient (Wildman–Crippen LogP) is 1.30. The van der Waals surface area contributed by atoms with Crippen molar-refractivity contribution in [3.63, 3.8) is 0 Å². The third-order valence-electron chi connectivity index (χ3n) is 2.63. The Hall–Kier alpha value is -1.89. The monoisotopic (exact) mass is 267 g/mol. The SMILES string of the molecule is CCC(NC(=O)c1cn2c(C)csc2n1)C(=O)O. The molecule has 2 N–H and O–H groups in total. The molecular formula is C11H13N3O3S. The number of rotatable bonds is 4. The molecule has 1 unspecified atom stereocenters. The summed E-state index contributed by atoms with van der Waals surface area (Å²) in [5.41, 5.74) is 1.23. The number of nitrogens with one attached hydrogen (secondary N) is 1. The van der Waals surface area contributed by atoms with Gasteiger partial charge in [-0.1, -0.05) is 6.92 Å². The largest absolute Gasteiger partial charge is 0.480 e. The molecule has 1 atom stereocenters. The maximum atomic E-state index is 11.9. The van der Waals surface area contributed by atoms with Crippen molar-refractivity contribution in [2.75, 3.05) is 0 Å². The molecule has 0 radical (unpaired) electrons. The molecule has 0 saturated heterocycles. The zero-order valence-corrected chi connectivity index (χ0v) is 10.8. The summed E-state index contributed by atoms with van der Waals surface area (Å²) < 4.78 is 1.81. The second-order valence-electron chi connectivity index (χ2n) is 3.93. The highest BCUT2D eigenvalue weighted by molar-refractivity contribution is 7.15. The lowest BCUT2D eigenvalue weighted by molar-refractivity contribution is -0.139. The number of amides is 1. The molecule has 0 saturated carbocycles. The van der Waals surface area contributed by atoms with Crippen molar-refractivity contribution in [2.45, 2.75) is 26.3 Å². The highest BCUT2D eigenvalue weighted by Gasteiger charge is 2.20. The number of carbonyl (C=O) groups excluding carboxylic acids is 1. The van der Waals surface area contributed by atoms with Gasteiger partial charge >= 0.3 is 5.97 Å². The van der Waals surface area contributed by atoms with E-state index >= 15 is 0 Å². The molecule has 18 heavy (non-hydrogen) atoms. The second kappa shape index (κ2) is 4.77. The van der Waals surface area contributed by atoms with E-state index < -0.39 is 17.9 Å². The maximum absolute atomic E-state index is 11.9. The summed E-state index contributed by atoms with van der Waals surface area (Å²) in [5, 5.41) is 13.3. The Kier molecular flexibility index (Phi) is 3.33. The van der Waals surface area contributed by atoms with Gasteiger partial charge in [-0.25, -0.2) is 9.78 Å². The molecule has 0 spiro atoms. The molecule has 0 bridgehead atoms. The lowest BCUT2D eigenvalue weighted by atomic mass is 10.2. The topological polar surface area (TPSA) is 83.7 Å². The van der Waals surface area contributed by atoms with E-state index in [2.05, 4.69) is 10.3 Å². The van der Waals surface area contributed by atoms with Gasteiger partial charge < -0.3 is 10.4 Å². The van der Waals surface area contributed by atoms with E-state index in [9.17, 15) is 9.59 Å². The van der Waals surface area contributed by atoms with E-state index in [4.69, 9.17) is 5.11 Å². The summed E-state index contributed by atoms with van der Waals surface area (Å²) in [6, 6.07) is -0.877. The van der Waals surface area contributed by atoms with Gasteiger partial charge in [0.15, 0.2) is 4.96 Å². The number of carboxylic acids is 1. The summed E-state index contributed by atoms with van der Waals surface area (Å²) in [5.74, 6) is -1.50. The number of thiazole rings is 1. The standard InChI is InChI=1S/C11H13N3O3S/c1-3-7(10(16)17)12-9(15)8-4-14-6(2)5-18-11(14)13-8/h4-5,7H,3H2,1-2H3,(H,12,15)(H,16,17). The molecule has 2 aromatic rings. The smallest absolute Gasteiger partial charge is 0.326 e. The Bertz CT molecular complexity index is 602. The van der Waals surface area contributed by atoms with Crippen LogP contribution in [-0.2, 0) is 4.79 Å². The zero-order valence-electron chi connectivity index (χ0n) is 10.0. The van der Waals surface area contributed by atoms with Gasteiger partial charge in [-0.15, -0.1) is 11.3 Å². The van der Waals surface area contributed by atoms with Crippen molar-refractivity contribution in [2.24, 2.45) is 0 Å². The number of imidazole rings is 1. The third kappa shape index (κ3) is 2.21. The molecule has 0 aliphatic heterocycles. The van der Waals surface area contributed by atoms with Crippen molar-refractivity contribution in [3.05, 3.63) is 23.0 Å². The summed E-state index contributed by atoms with van der Waals surface area (Å²) >= 11 is 1.44. The summed E-state index contributed by atoms with van der Waals surface area (Å²) in [6.07, 6.45) is 1.95. The fourth-order valence-electron chi connectivity index (χ4n) is 1.57. The van der Waals surface area contributed by atoms with Crippen LogP contribution in [0, 0.1) is 6.92 Å². The molecule has 2 rings (SSSR count). The van der Waals surface area contributed by atoms with Crippen molar-refractivity contribution in [1.29, 1.82) is 0 Å². The highest BCUT2D eigenvalue weighted by Crippen LogP contribution is 2.15. The normalized spacial score (nSPS) is 12.6. The molecule has 7 heteroatoms. The summed E-state index contributed by atoms with van der Waals surface area (Å²) in [6.45, 7) is 3.62. The van der Waals surface area contributed by atoms with Crippen LogP contribution in [-0.4, -0.2) is 32.4 Å². The summed E-state index contributed by atoms with van der Waals surface area (Å²) in [7, 11) is 0. The van der Waals surface area contributed by atoms with Gasteiger partial charge in [-0.2, -0.15) is 0 Å². The lowest BCUT2D eigenvalue weighted by Crippen LogP contribution is -2.40. The fourth-order valence-corrected chi connectivity index (χ4v) is 2.42. The van der Waals surface area contributed by atoms with Gasteiger partial charge in [-0.05, 0) is 13.3 Å². The van der Waals surface area contributed by atoms with Crippen molar-refractivity contribution < 1.29 is 14.7 Å². The van der Waals surface area contributed by atoms with E-state index in [-0.39, 0.29) is 5.69 Å². The molecule has 6 nitrogen and oxygen atoms in total. The number of aliphatic carboxylic acids is 1. The van der Waals surface area contributed by atoms with Gasteiger partial charge in [0.25, 0.3) is 5.91 Å². The Morgan fingerprint density at radius 2 is 2.33 bits per heavy atom. The van der Waals surface area contributed by atoms with Crippen LogP contribution in [0.15, 0.2) is 11.6 Å². The third-order valence-corrected chi connectivity index (χ3v) is 3.59. The minimum absolute atomic E-state index is 0.240. The highest BCUT2D eigenvalue weighted by atomic mass is 32.1. The molecule has 2 aromatic heterocycles. The summed E-state index contributed by atoms with van der Waals surface area (Å²) in [4.78, 5) is 27.6. The first-order valence-corrected chi connectivity index (χ1v) is 6.37. The van der Waals surface area contributed by atoms with Gasteiger partial charge in [0, 0.05) is 17.3 Å². The Balaban J connectivity index is 2.20. The molecule has 0 aromatic carbocycles. The Labute approximate surface area is 107 Å². The van der Waals surface area contributed by atoms with Crippen LogP contribution in [0.25, 0.3) is 4.96 Å². The van der Waals surface area contributed by atoms with Crippen LogP contribution in [0.1, 0.15) is 29.5 Å². The van der Waals surface area contributed by atoms with E-state index in [0.717, 1.165) is 10.7 Å². The molecule has 96 valence electrons. The lowest BCUT2D eigenvalue weighted by Gasteiger charge is -2.10. The van der Waals surface area contributed by atoms with Gasteiger partial charge in [-0.3, -0.25) is 9.20 Å². The minimum Gasteiger partial charge on any atom is -0.480 e. The van der Waals surface area contributed by atoms with Crippen molar-refractivity contribution >= 4 is 28.2 Å². The fraction of sp³-hybridized carbons (Fsp3) is 0.364. The van der Waals surface area contributed by atoms with Gasteiger partial charge in [0.2, 0.25) is 0 Å². The number of aromatic nitrogens is 2. The first-order chi connectivity index (χ1) is 8.52. The zero-order chi connectivity index (χ0) is 13.3. The van der Waals surface area contributed by atoms with Crippen LogP contribution in [0.2, 0.25) is 0 Å². The number of fused-ring (bicyclic) bond motifs is 1. The number of hydrogen-bond acceptors (Lipinski definition) is 4. The van der Waals surface area contributed by atoms with Crippen molar-refractivity contribution in [3.8, 4) is 0 Å². The van der Waals surface area contributed by atoms with Gasteiger partial charge in [0.1, 0.15) is 11.7 Å². The van der Waals surface area contributed by atoms with Gasteiger partial charge in [0.05, 0.1) is 0 Å². The number of aryl methyl sites for hydroxylation is 1. The van der Waals surface area contributed by atoms with E-state index in [0.29, 0.717) is 6.42 Å². The molecular weight excluding hydrogens is 254 g/mol. The predicted molar refractivity (Wildman–Crippen MR) is 67.0 cm³/mol. The van der Waals surface area contributed by atoms with E-state index in [1.807, 2.05) is 12.3 Å². The molecule has 0 fully saturated rings. The Morgan fingerprint density at radius 3 is 2.89 bits per heavy atom. The van der Waals surface area contributed by atoms with E-state index in [1.165, 1.54) is 11.3 Å². The van der Waals surface area contributed by atoms with Crippen molar-refractivity contribution in [1.82, 2.24) is 14.7 Å². The van der Waals surface area contributed by atoms with Crippen LogP contribution < -0.4 is 5.32 Å². The van der Waals surface area contributed by atoms with Crippen LogP contribution in [0.3, 0.4) is 0 Å². The number of nitrogens with zero attached hydrogens (tertiary/aromatic N) is 2. The van der Waals surface area contributed by atoms with E-state index in [1.54, 1.807) is 17.5 Å². The first kappa shape index (κ1) is 12.6. The van der Waals surface area contributed by atoms with Crippen LogP contribution in [0.4, 0.5) is 0 Å².